The van der Waals surface area contributed by atoms with Crippen LogP contribution in [0.5, 0.6) is 0 Å². The lowest BCUT2D eigenvalue weighted by atomic mass is 10.2. The first-order valence-electron chi connectivity index (χ1n) is 9.58. The number of rotatable bonds is 7. The van der Waals surface area contributed by atoms with Gasteiger partial charge in [0.15, 0.2) is 11.0 Å². The van der Waals surface area contributed by atoms with E-state index in [9.17, 15) is 9.18 Å². The minimum Gasteiger partial charge on any atom is -0.376 e. The zero-order chi connectivity index (χ0) is 20.9. The third-order valence-corrected chi connectivity index (χ3v) is 6.01. The van der Waals surface area contributed by atoms with Gasteiger partial charge in [0.1, 0.15) is 5.82 Å². The number of hydrogen-bond acceptors (Lipinski definition) is 5. The summed E-state index contributed by atoms with van der Waals surface area (Å²) in [6.45, 7) is 1.32. The molecule has 1 aliphatic rings. The van der Waals surface area contributed by atoms with E-state index < -0.39 is 0 Å². The summed E-state index contributed by atoms with van der Waals surface area (Å²) in [6.07, 6.45) is 2.04. The van der Waals surface area contributed by atoms with Crippen molar-refractivity contribution < 1.29 is 13.9 Å². The van der Waals surface area contributed by atoms with Gasteiger partial charge in [-0.25, -0.2) is 4.39 Å². The Labute approximate surface area is 182 Å². The van der Waals surface area contributed by atoms with E-state index in [0.29, 0.717) is 28.2 Å². The van der Waals surface area contributed by atoms with Crippen LogP contribution in [0.25, 0.3) is 11.4 Å². The number of nitrogens with zero attached hydrogens (tertiary/aromatic N) is 3. The second-order valence-corrected chi connectivity index (χ2v) is 8.23. The Bertz CT molecular complexity index is 1020. The van der Waals surface area contributed by atoms with Gasteiger partial charge < -0.3 is 10.1 Å². The number of carbonyl (C=O) groups is 1. The molecule has 1 fully saturated rings. The van der Waals surface area contributed by atoms with Crippen LogP contribution in [0.3, 0.4) is 0 Å². The summed E-state index contributed by atoms with van der Waals surface area (Å²) in [4.78, 5) is 12.4. The molecule has 1 aromatic heterocycles. The molecule has 30 heavy (non-hydrogen) atoms. The minimum atomic E-state index is -0.310. The minimum absolute atomic E-state index is 0.0662. The average molecular weight is 447 g/mol. The molecule has 0 aliphatic carbocycles. The molecule has 0 spiro atoms. The molecule has 1 N–H and O–H groups in total. The van der Waals surface area contributed by atoms with Crippen molar-refractivity contribution in [3.8, 4) is 11.4 Å². The number of benzene rings is 2. The Morgan fingerprint density at radius 3 is 2.77 bits per heavy atom. The fourth-order valence-electron chi connectivity index (χ4n) is 3.24. The van der Waals surface area contributed by atoms with Gasteiger partial charge in [0.05, 0.1) is 29.1 Å². The van der Waals surface area contributed by atoms with Gasteiger partial charge in [-0.1, -0.05) is 35.5 Å². The summed E-state index contributed by atoms with van der Waals surface area (Å²) >= 11 is 7.39. The molecule has 1 amide bonds. The second kappa shape index (κ2) is 9.59. The molecule has 0 radical (unpaired) electrons. The number of carbonyl (C=O) groups excluding carboxylic acids is 1. The standard InChI is InChI=1S/C21H20ClFN4O2S/c22-17-5-1-2-6-18(17)24-19(28)13-30-21-26-25-20(14-7-9-15(23)10-8-14)27(21)12-16-4-3-11-29-16/h1-2,5-10,16H,3-4,11-13H2,(H,24,28)/t16-/m0/s1. The molecule has 0 bridgehead atoms. The Morgan fingerprint density at radius 1 is 1.23 bits per heavy atom. The highest BCUT2D eigenvalue weighted by molar-refractivity contribution is 7.99. The van der Waals surface area contributed by atoms with Crippen LogP contribution >= 0.6 is 23.4 Å². The van der Waals surface area contributed by atoms with Gasteiger partial charge in [0.25, 0.3) is 0 Å². The quantitative estimate of drug-likeness (QED) is 0.535. The number of ether oxygens (including phenoxy) is 1. The molecule has 1 atom stereocenters. The van der Waals surface area contributed by atoms with E-state index in [1.54, 1.807) is 30.3 Å². The van der Waals surface area contributed by atoms with Gasteiger partial charge in [-0.2, -0.15) is 0 Å². The summed E-state index contributed by atoms with van der Waals surface area (Å²) in [7, 11) is 0. The summed E-state index contributed by atoms with van der Waals surface area (Å²) < 4.78 is 21.0. The molecule has 156 valence electrons. The zero-order valence-corrected chi connectivity index (χ0v) is 17.6. The molecule has 1 saturated heterocycles. The van der Waals surface area contributed by atoms with Crippen LogP contribution in [-0.4, -0.2) is 39.1 Å². The number of thioether (sulfide) groups is 1. The van der Waals surface area contributed by atoms with Crippen molar-refractivity contribution in [1.82, 2.24) is 14.8 Å². The van der Waals surface area contributed by atoms with Crippen LogP contribution in [0.1, 0.15) is 12.8 Å². The number of anilines is 1. The van der Waals surface area contributed by atoms with Crippen molar-refractivity contribution in [2.24, 2.45) is 0 Å². The van der Waals surface area contributed by atoms with Crippen molar-refractivity contribution in [2.75, 3.05) is 17.7 Å². The maximum absolute atomic E-state index is 13.3. The topological polar surface area (TPSA) is 69.0 Å². The highest BCUT2D eigenvalue weighted by Crippen LogP contribution is 2.27. The first kappa shape index (κ1) is 20.8. The fourth-order valence-corrected chi connectivity index (χ4v) is 4.17. The first-order chi connectivity index (χ1) is 14.6. The number of nitrogens with one attached hydrogen (secondary N) is 1. The third-order valence-electron chi connectivity index (χ3n) is 4.71. The molecule has 2 aromatic carbocycles. The Balaban J connectivity index is 1.51. The van der Waals surface area contributed by atoms with Crippen LogP contribution in [-0.2, 0) is 16.1 Å². The number of amides is 1. The van der Waals surface area contributed by atoms with Crippen molar-refractivity contribution >= 4 is 35.0 Å². The highest BCUT2D eigenvalue weighted by atomic mass is 35.5. The molecular formula is C21H20ClFN4O2S. The van der Waals surface area contributed by atoms with Crippen molar-refractivity contribution in [3.05, 3.63) is 59.4 Å². The molecular weight excluding hydrogens is 427 g/mol. The molecule has 6 nitrogen and oxygen atoms in total. The molecule has 0 saturated carbocycles. The SMILES string of the molecule is O=C(CSc1nnc(-c2ccc(F)cc2)n1C[C@@H]1CCCO1)Nc1ccccc1Cl. The van der Waals surface area contributed by atoms with Gasteiger partial charge >= 0.3 is 0 Å². The first-order valence-corrected chi connectivity index (χ1v) is 10.9. The lowest BCUT2D eigenvalue weighted by molar-refractivity contribution is -0.113. The van der Waals surface area contributed by atoms with Gasteiger partial charge in [0.2, 0.25) is 5.91 Å². The number of para-hydroxylation sites is 1. The molecule has 1 aliphatic heterocycles. The van der Waals surface area contributed by atoms with E-state index >= 15 is 0 Å². The van der Waals surface area contributed by atoms with Gasteiger partial charge in [0, 0.05) is 12.2 Å². The average Bonchev–Trinajstić information content (AvgIpc) is 3.39. The van der Waals surface area contributed by atoms with E-state index in [4.69, 9.17) is 16.3 Å². The largest absolute Gasteiger partial charge is 0.376 e. The summed E-state index contributed by atoms with van der Waals surface area (Å²) in [5.41, 5.74) is 1.33. The van der Waals surface area contributed by atoms with Gasteiger partial charge in [-0.15, -0.1) is 10.2 Å². The van der Waals surface area contributed by atoms with Gasteiger partial charge in [-0.3, -0.25) is 9.36 Å². The van der Waals surface area contributed by atoms with Crippen LogP contribution < -0.4 is 5.32 Å². The van der Waals surface area contributed by atoms with Crippen molar-refractivity contribution in [2.45, 2.75) is 30.6 Å². The van der Waals surface area contributed by atoms with E-state index in [-0.39, 0.29) is 23.6 Å². The second-order valence-electron chi connectivity index (χ2n) is 6.88. The molecule has 0 unspecified atom stereocenters. The van der Waals surface area contributed by atoms with Crippen molar-refractivity contribution in [1.29, 1.82) is 0 Å². The number of halogens is 2. The normalized spacial score (nSPS) is 16.0. The van der Waals surface area contributed by atoms with Crippen LogP contribution in [0.4, 0.5) is 10.1 Å². The molecule has 4 rings (SSSR count). The Morgan fingerprint density at radius 2 is 2.03 bits per heavy atom. The van der Waals surface area contributed by atoms with Crippen LogP contribution in [0.15, 0.2) is 53.7 Å². The van der Waals surface area contributed by atoms with E-state index in [1.807, 2.05) is 10.6 Å². The smallest absolute Gasteiger partial charge is 0.234 e. The Kier molecular flexibility index (Phi) is 6.66. The highest BCUT2D eigenvalue weighted by Gasteiger charge is 2.22. The fraction of sp³-hybridized carbons (Fsp3) is 0.286. The molecule has 9 heteroatoms. The summed E-state index contributed by atoms with van der Waals surface area (Å²) in [5.74, 6) is 0.274. The number of hydrogen-bond donors (Lipinski definition) is 1. The molecule has 3 aromatic rings. The van der Waals surface area contributed by atoms with Crippen LogP contribution in [0.2, 0.25) is 5.02 Å². The van der Waals surface area contributed by atoms with Crippen LogP contribution in [0, 0.1) is 5.82 Å². The monoisotopic (exact) mass is 446 g/mol. The number of aromatic nitrogens is 3. The Hall–Kier alpha value is -2.42. The maximum atomic E-state index is 13.3. The maximum Gasteiger partial charge on any atom is 0.234 e. The summed E-state index contributed by atoms with van der Waals surface area (Å²) in [6, 6.07) is 13.2. The third kappa shape index (κ3) is 5.00. The lowest BCUT2D eigenvalue weighted by Crippen LogP contribution is -2.18. The van der Waals surface area contributed by atoms with E-state index in [0.717, 1.165) is 25.0 Å². The molecule has 2 heterocycles. The van der Waals surface area contributed by atoms with E-state index in [2.05, 4.69) is 15.5 Å². The van der Waals surface area contributed by atoms with E-state index in [1.165, 1.54) is 23.9 Å². The predicted molar refractivity (Wildman–Crippen MR) is 115 cm³/mol. The predicted octanol–water partition coefficient (Wildman–Crippen LogP) is 4.65. The lowest BCUT2D eigenvalue weighted by Gasteiger charge is -2.15. The van der Waals surface area contributed by atoms with Gasteiger partial charge in [-0.05, 0) is 49.2 Å². The zero-order valence-electron chi connectivity index (χ0n) is 16.1. The van der Waals surface area contributed by atoms with Crippen molar-refractivity contribution in [3.63, 3.8) is 0 Å². The summed E-state index contributed by atoms with van der Waals surface area (Å²) in [5, 5.41) is 12.5.